The number of aliphatic hydroxyl groups is 1. The van der Waals surface area contributed by atoms with Crippen LogP contribution in [-0.2, 0) is 0 Å². The SMILES string of the molecule is COc1cnc(NCC2CCCC(O)C2)nc1. The van der Waals surface area contributed by atoms with E-state index in [0.29, 0.717) is 17.6 Å². The predicted octanol–water partition coefficient (Wildman–Crippen LogP) is 1.45. The van der Waals surface area contributed by atoms with Crippen molar-refractivity contribution < 1.29 is 9.84 Å². The van der Waals surface area contributed by atoms with Gasteiger partial charge in [0, 0.05) is 6.54 Å². The smallest absolute Gasteiger partial charge is 0.222 e. The van der Waals surface area contributed by atoms with Gasteiger partial charge in [0.15, 0.2) is 5.75 Å². The van der Waals surface area contributed by atoms with Crippen molar-refractivity contribution in [2.75, 3.05) is 19.0 Å². The fraction of sp³-hybridized carbons (Fsp3) is 0.667. The summed E-state index contributed by atoms with van der Waals surface area (Å²) in [6.45, 7) is 0.823. The molecule has 2 N–H and O–H groups in total. The summed E-state index contributed by atoms with van der Waals surface area (Å²) in [5.74, 6) is 1.79. The summed E-state index contributed by atoms with van der Waals surface area (Å²) in [5, 5.41) is 12.8. The lowest BCUT2D eigenvalue weighted by Gasteiger charge is -2.25. The molecule has 5 heteroatoms. The molecule has 1 fully saturated rings. The molecule has 2 atom stereocenters. The van der Waals surface area contributed by atoms with Crippen LogP contribution < -0.4 is 10.1 Å². The molecule has 0 bridgehead atoms. The normalized spacial score (nSPS) is 24.4. The molecule has 1 heterocycles. The van der Waals surface area contributed by atoms with E-state index < -0.39 is 0 Å². The molecular formula is C12H19N3O2. The van der Waals surface area contributed by atoms with Crippen LogP contribution >= 0.6 is 0 Å². The quantitative estimate of drug-likeness (QED) is 0.829. The summed E-state index contributed by atoms with van der Waals surface area (Å²) in [6.07, 6.45) is 7.25. The van der Waals surface area contributed by atoms with Crippen molar-refractivity contribution in [2.45, 2.75) is 31.8 Å². The Morgan fingerprint density at radius 2 is 2.18 bits per heavy atom. The van der Waals surface area contributed by atoms with Crippen molar-refractivity contribution in [3.8, 4) is 5.75 Å². The van der Waals surface area contributed by atoms with E-state index in [2.05, 4.69) is 15.3 Å². The van der Waals surface area contributed by atoms with Gasteiger partial charge >= 0.3 is 0 Å². The van der Waals surface area contributed by atoms with Gasteiger partial charge in [-0.1, -0.05) is 6.42 Å². The maximum Gasteiger partial charge on any atom is 0.222 e. The van der Waals surface area contributed by atoms with Crippen LogP contribution in [0.4, 0.5) is 5.95 Å². The largest absolute Gasteiger partial charge is 0.494 e. The summed E-state index contributed by atoms with van der Waals surface area (Å²) in [7, 11) is 1.59. The van der Waals surface area contributed by atoms with Crippen LogP contribution in [0.5, 0.6) is 5.75 Å². The van der Waals surface area contributed by atoms with E-state index >= 15 is 0 Å². The van der Waals surface area contributed by atoms with Crippen molar-refractivity contribution in [3.63, 3.8) is 0 Å². The second-order valence-electron chi connectivity index (χ2n) is 4.51. The summed E-state index contributed by atoms with van der Waals surface area (Å²) in [5.41, 5.74) is 0. The van der Waals surface area contributed by atoms with E-state index in [-0.39, 0.29) is 6.10 Å². The molecule has 1 aromatic rings. The first-order valence-corrected chi connectivity index (χ1v) is 6.06. The fourth-order valence-corrected chi connectivity index (χ4v) is 2.20. The monoisotopic (exact) mass is 237 g/mol. The van der Waals surface area contributed by atoms with Gasteiger partial charge in [0.05, 0.1) is 25.6 Å². The third-order valence-corrected chi connectivity index (χ3v) is 3.17. The number of nitrogens with zero attached hydrogens (tertiary/aromatic N) is 2. The third kappa shape index (κ3) is 3.56. The van der Waals surface area contributed by atoms with E-state index in [0.717, 1.165) is 25.8 Å². The van der Waals surface area contributed by atoms with Crippen LogP contribution in [0.1, 0.15) is 25.7 Å². The van der Waals surface area contributed by atoms with Crippen molar-refractivity contribution in [1.29, 1.82) is 0 Å². The first-order chi connectivity index (χ1) is 8.28. The van der Waals surface area contributed by atoms with Gasteiger partial charge in [-0.2, -0.15) is 0 Å². The molecule has 0 radical (unpaired) electrons. The highest BCUT2D eigenvalue weighted by Crippen LogP contribution is 2.24. The second-order valence-corrected chi connectivity index (χ2v) is 4.51. The molecule has 0 saturated heterocycles. The highest BCUT2D eigenvalue weighted by molar-refractivity contribution is 5.26. The first kappa shape index (κ1) is 12.1. The lowest BCUT2D eigenvalue weighted by Crippen LogP contribution is -2.25. The van der Waals surface area contributed by atoms with Crippen LogP contribution in [0, 0.1) is 5.92 Å². The molecule has 2 unspecified atom stereocenters. The molecule has 1 aliphatic carbocycles. The Hall–Kier alpha value is -1.36. The van der Waals surface area contributed by atoms with Crippen LogP contribution in [0.25, 0.3) is 0 Å². The molecule has 0 aliphatic heterocycles. The first-order valence-electron chi connectivity index (χ1n) is 6.06. The zero-order valence-corrected chi connectivity index (χ0v) is 10.1. The number of methoxy groups -OCH3 is 1. The standard InChI is InChI=1S/C12H19N3O2/c1-17-11-7-14-12(15-8-11)13-6-9-3-2-4-10(16)5-9/h7-10,16H,2-6H2,1H3,(H,13,14,15). The fourth-order valence-electron chi connectivity index (χ4n) is 2.20. The number of hydrogen-bond donors (Lipinski definition) is 2. The van der Waals surface area contributed by atoms with Crippen LogP contribution in [0.2, 0.25) is 0 Å². The maximum atomic E-state index is 9.57. The Balaban J connectivity index is 1.80. The van der Waals surface area contributed by atoms with Crippen LogP contribution in [0.15, 0.2) is 12.4 Å². The van der Waals surface area contributed by atoms with Crippen LogP contribution in [-0.4, -0.2) is 34.8 Å². The topological polar surface area (TPSA) is 67.3 Å². The van der Waals surface area contributed by atoms with Gasteiger partial charge in [-0.25, -0.2) is 9.97 Å². The number of rotatable bonds is 4. The molecule has 5 nitrogen and oxygen atoms in total. The second kappa shape index (κ2) is 5.82. The molecular weight excluding hydrogens is 218 g/mol. The van der Waals surface area contributed by atoms with Crippen molar-refractivity contribution in [2.24, 2.45) is 5.92 Å². The average molecular weight is 237 g/mol. The Bertz CT molecular complexity index is 342. The highest BCUT2D eigenvalue weighted by atomic mass is 16.5. The molecule has 94 valence electrons. The number of aromatic nitrogens is 2. The summed E-state index contributed by atoms with van der Waals surface area (Å²) in [4.78, 5) is 8.29. The Labute approximate surface area is 101 Å². The van der Waals surface area contributed by atoms with Crippen molar-refractivity contribution >= 4 is 5.95 Å². The van der Waals surface area contributed by atoms with Gasteiger partial charge in [-0.3, -0.25) is 0 Å². The Kier molecular flexibility index (Phi) is 4.14. The number of nitrogens with one attached hydrogen (secondary N) is 1. The van der Waals surface area contributed by atoms with Gasteiger partial charge in [-0.15, -0.1) is 0 Å². The molecule has 1 aliphatic rings. The lowest BCUT2D eigenvalue weighted by molar-refractivity contribution is 0.104. The van der Waals surface area contributed by atoms with E-state index in [1.807, 2.05) is 0 Å². The predicted molar refractivity (Wildman–Crippen MR) is 65.0 cm³/mol. The van der Waals surface area contributed by atoms with Gasteiger partial charge in [0.2, 0.25) is 5.95 Å². The molecule has 17 heavy (non-hydrogen) atoms. The lowest BCUT2D eigenvalue weighted by atomic mass is 9.87. The minimum Gasteiger partial charge on any atom is -0.494 e. The van der Waals surface area contributed by atoms with Crippen molar-refractivity contribution in [3.05, 3.63) is 12.4 Å². The molecule has 2 rings (SSSR count). The maximum absolute atomic E-state index is 9.57. The molecule has 1 aromatic heterocycles. The minimum absolute atomic E-state index is 0.132. The number of ether oxygens (including phenoxy) is 1. The zero-order chi connectivity index (χ0) is 12.1. The summed E-state index contributed by atoms with van der Waals surface area (Å²) >= 11 is 0. The molecule has 0 aromatic carbocycles. The van der Waals surface area contributed by atoms with E-state index in [1.165, 1.54) is 6.42 Å². The van der Waals surface area contributed by atoms with Gasteiger partial charge in [0.25, 0.3) is 0 Å². The third-order valence-electron chi connectivity index (χ3n) is 3.17. The average Bonchev–Trinajstić information content (AvgIpc) is 2.37. The minimum atomic E-state index is -0.132. The summed E-state index contributed by atoms with van der Waals surface area (Å²) < 4.78 is 4.99. The Morgan fingerprint density at radius 1 is 1.41 bits per heavy atom. The van der Waals surface area contributed by atoms with E-state index in [4.69, 9.17) is 4.74 Å². The number of anilines is 1. The van der Waals surface area contributed by atoms with Gasteiger partial charge in [-0.05, 0) is 25.2 Å². The summed E-state index contributed by atoms with van der Waals surface area (Å²) in [6, 6.07) is 0. The van der Waals surface area contributed by atoms with E-state index in [9.17, 15) is 5.11 Å². The van der Waals surface area contributed by atoms with Crippen molar-refractivity contribution in [1.82, 2.24) is 9.97 Å². The van der Waals surface area contributed by atoms with Gasteiger partial charge < -0.3 is 15.2 Å². The molecule has 0 spiro atoms. The van der Waals surface area contributed by atoms with E-state index in [1.54, 1.807) is 19.5 Å². The van der Waals surface area contributed by atoms with Gasteiger partial charge in [0.1, 0.15) is 0 Å². The van der Waals surface area contributed by atoms with Crippen LogP contribution in [0.3, 0.4) is 0 Å². The number of hydrogen-bond acceptors (Lipinski definition) is 5. The molecule has 0 amide bonds. The molecule has 1 saturated carbocycles. The number of aliphatic hydroxyl groups excluding tert-OH is 1. The Morgan fingerprint density at radius 3 is 2.82 bits per heavy atom. The zero-order valence-electron chi connectivity index (χ0n) is 10.1. The highest BCUT2D eigenvalue weighted by Gasteiger charge is 2.19.